The van der Waals surface area contributed by atoms with Crippen molar-refractivity contribution in [1.29, 1.82) is 0 Å². The molecule has 0 fully saturated rings. The zero-order valence-corrected chi connectivity index (χ0v) is 11.1. The summed E-state index contributed by atoms with van der Waals surface area (Å²) < 4.78 is 11.2. The lowest BCUT2D eigenvalue weighted by molar-refractivity contribution is -0.187. The molecule has 1 rings (SSSR count). The van der Waals surface area contributed by atoms with Crippen molar-refractivity contribution >= 4 is 5.97 Å². The number of aromatic carboxylic acids is 1. The Morgan fingerprint density at radius 1 is 1.17 bits per heavy atom. The van der Waals surface area contributed by atoms with Gasteiger partial charge in [-0.25, -0.2) is 4.79 Å². The molecule has 0 aliphatic rings. The third kappa shape index (κ3) is 4.43. The maximum Gasteiger partial charge on any atom is 0.337 e. The number of nitrogens with zero attached hydrogens (tertiary/aromatic N) is 1. The Kier molecular flexibility index (Phi) is 5.25. The molecule has 1 aromatic rings. The second-order valence-electron chi connectivity index (χ2n) is 4.48. The van der Waals surface area contributed by atoms with E-state index in [9.17, 15) is 4.79 Å². The van der Waals surface area contributed by atoms with Gasteiger partial charge in [-0.2, -0.15) is 0 Å². The largest absolute Gasteiger partial charge is 0.478 e. The summed E-state index contributed by atoms with van der Waals surface area (Å²) in [6.07, 6.45) is 0.718. The van der Waals surface area contributed by atoms with Gasteiger partial charge >= 0.3 is 5.97 Å². The van der Waals surface area contributed by atoms with Crippen molar-refractivity contribution in [3.8, 4) is 0 Å². The molecule has 1 heterocycles. The van der Waals surface area contributed by atoms with Crippen molar-refractivity contribution < 1.29 is 19.4 Å². The highest BCUT2D eigenvalue weighted by molar-refractivity contribution is 5.87. The highest BCUT2D eigenvalue weighted by atomic mass is 16.7. The molecular formula is C13H19NO4. The van der Waals surface area contributed by atoms with Crippen LogP contribution in [0.2, 0.25) is 0 Å². The Bertz CT molecular complexity index is 376. The summed E-state index contributed by atoms with van der Waals surface area (Å²) in [5, 5.41) is 8.80. The molecule has 5 heteroatoms. The number of hydrogen-bond donors (Lipinski definition) is 1. The summed E-state index contributed by atoms with van der Waals surface area (Å²) in [4.78, 5) is 14.8. The summed E-state index contributed by atoms with van der Waals surface area (Å²) in [5.74, 6) is -1.000. The second kappa shape index (κ2) is 6.47. The first kappa shape index (κ1) is 14.6. The molecule has 0 unspecified atom stereocenters. The standard InChI is InChI=1S/C13H19NO4/c1-8(2)17-13(18-9(3)4)11-6-5-10(7-14-11)12(15)16/h5-9,13H,1-4H3,(H,15,16). The van der Waals surface area contributed by atoms with Crippen LogP contribution >= 0.6 is 0 Å². The van der Waals surface area contributed by atoms with Gasteiger partial charge in [0.2, 0.25) is 6.29 Å². The van der Waals surface area contributed by atoms with Crippen molar-refractivity contribution in [3.05, 3.63) is 29.6 Å². The molecule has 0 saturated heterocycles. The molecule has 0 spiro atoms. The Morgan fingerprint density at radius 2 is 1.72 bits per heavy atom. The van der Waals surface area contributed by atoms with Gasteiger partial charge in [-0.15, -0.1) is 0 Å². The van der Waals surface area contributed by atoms with Crippen molar-refractivity contribution in [3.63, 3.8) is 0 Å². The normalized spacial score (nSPS) is 11.5. The lowest BCUT2D eigenvalue weighted by atomic mass is 10.2. The molecule has 1 aromatic heterocycles. The molecule has 100 valence electrons. The van der Waals surface area contributed by atoms with Gasteiger partial charge < -0.3 is 14.6 Å². The van der Waals surface area contributed by atoms with Crippen LogP contribution in [-0.2, 0) is 9.47 Å². The van der Waals surface area contributed by atoms with E-state index in [2.05, 4.69) is 4.98 Å². The van der Waals surface area contributed by atoms with E-state index in [0.29, 0.717) is 5.69 Å². The highest BCUT2D eigenvalue weighted by Crippen LogP contribution is 2.20. The van der Waals surface area contributed by atoms with E-state index < -0.39 is 12.3 Å². The van der Waals surface area contributed by atoms with Crippen molar-refractivity contribution in [1.82, 2.24) is 4.98 Å². The minimum atomic E-state index is -1.000. The van der Waals surface area contributed by atoms with Gasteiger partial charge in [0, 0.05) is 6.20 Å². The van der Waals surface area contributed by atoms with Crippen LogP contribution in [0.25, 0.3) is 0 Å². The van der Waals surface area contributed by atoms with E-state index in [1.165, 1.54) is 12.3 Å². The third-order valence-electron chi connectivity index (χ3n) is 2.07. The number of carbonyl (C=O) groups is 1. The van der Waals surface area contributed by atoms with E-state index in [-0.39, 0.29) is 17.8 Å². The third-order valence-corrected chi connectivity index (χ3v) is 2.07. The Balaban J connectivity index is 2.87. The lowest BCUT2D eigenvalue weighted by Crippen LogP contribution is -2.18. The molecule has 0 aliphatic heterocycles. The molecule has 0 radical (unpaired) electrons. The number of pyridine rings is 1. The minimum absolute atomic E-state index is 0.00491. The van der Waals surface area contributed by atoms with E-state index in [1.54, 1.807) is 6.07 Å². The first-order valence-corrected chi connectivity index (χ1v) is 5.90. The van der Waals surface area contributed by atoms with Crippen molar-refractivity contribution in [2.75, 3.05) is 0 Å². The average Bonchev–Trinajstić information content (AvgIpc) is 2.27. The summed E-state index contributed by atoms with van der Waals surface area (Å²) in [5.41, 5.74) is 0.717. The van der Waals surface area contributed by atoms with E-state index in [1.807, 2.05) is 27.7 Å². The summed E-state index contributed by atoms with van der Waals surface area (Å²) in [6, 6.07) is 3.10. The fraction of sp³-hybridized carbons (Fsp3) is 0.538. The Labute approximate surface area is 107 Å². The van der Waals surface area contributed by atoms with Crippen LogP contribution in [0, 0.1) is 0 Å². The molecule has 0 saturated carbocycles. The number of hydrogen-bond acceptors (Lipinski definition) is 4. The van der Waals surface area contributed by atoms with Crippen LogP contribution in [0.5, 0.6) is 0 Å². The molecule has 1 N–H and O–H groups in total. The van der Waals surface area contributed by atoms with Crippen LogP contribution < -0.4 is 0 Å². The number of aromatic nitrogens is 1. The summed E-state index contributed by atoms with van der Waals surface area (Å²) in [6.45, 7) is 7.62. The van der Waals surface area contributed by atoms with Gasteiger partial charge in [-0.1, -0.05) is 0 Å². The molecule has 0 bridgehead atoms. The van der Waals surface area contributed by atoms with Crippen LogP contribution in [-0.4, -0.2) is 28.3 Å². The maximum atomic E-state index is 10.7. The molecule has 0 amide bonds. The van der Waals surface area contributed by atoms with Gasteiger partial charge in [0.05, 0.1) is 23.5 Å². The van der Waals surface area contributed by atoms with E-state index in [4.69, 9.17) is 14.6 Å². The van der Waals surface area contributed by atoms with Crippen molar-refractivity contribution in [2.45, 2.75) is 46.2 Å². The molecule has 0 atom stereocenters. The Morgan fingerprint density at radius 3 is 2.06 bits per heavy atom. The summed E-state index contributed by atoms with van der Waals surface area (Å²) >= 11 is 0. The zero-order valence-electron chi connectivity index (χ0n) is 11.1. The predicted molar refractivity (Wildman–Crippen MR) is 66.4 cm³/mol. The van der Waals surface area contributed by atoms with Crippen LogP contribution in [0.1, 0.15) is 50.0 Å². The SMILES string of the molecule is CC(C)OC(OC(C)C)c1ccc(C(=O)O)cn1. The van der Waals surface area contributed by atoms with Crippen LogP contribution in [0.4, 0.5) is 0 Å². The molecule has 5 nitrogen and oxygen atoms in total. The van der Waals surface area contributed by atoms with E-state index in [0.717, 1.165) is 0 Å². The Hall–Kier alpha value is -1.46. The van der Waals surface area contributed by atoms with Gasteiger partial charge in [0.25, 0.3) is 0 Å². The first-order valence-electron chi connectivity index (χ1n) is 5.90. The fourth-order valence-corrected chi connectivity index (χ4v) is 1.34. The molecule has 0 aliphatic carbocycles. The number of ether oxygens (including phenoxy) is 2. The number of rotatable bonds is 6. The quantitative estimate of drug-likeness (QED) is 0.789. The first-order chi connectivity index (χ1) is 8.40. The van der Waals surface area contributed by atoms with Gasteiger partial charge in [-0.05, 0) is 39.8 Å². The minimum Gasteiger partial charge on any atom is -0.478 e. The zero-order chi connectivity index (χ0) is 13.7. The highest BCUT2D eigenvalue weighted by Gasteiger charge is 2.18. The van der Waals surface area contributed by atoms with Gasteiger partial charge in [0.1, 0.15) is 0 Å². The fourth-order valence-electron chi connectivity index (χ4n) is 1.34. The second-order valence-corrected chi connectivity index (χ2v) is 4.48. The van der Waals surface area contributed by atoms with Crippen LogP contribution in [0.3, 0.4) is 0 Å². The van der Waals surface area contributed by atoms with Gasteiger partial charge in [-0.3, -0.25) is 4.98 Å². The smallest absolute Gasteiger partial charge is 0.337 e. The van der Waals surface area contributed by atoms with Gasteiger partial charge in [0.15, 0.2) is 0 Å². The average molecular weight is 253 g/mol. The monoisotopic (exact) mass is 253 g/mol. The topological polar surface area (TPSA) is 68.7 Å². The number of carboxylic acids is 1. The van der Waals surface area contributed by atoms with Crippen LogP contribution in [0.15, 0.2) is 18.3 Å². The predicted octanol–water partition coefficient (Wildman–Crippen LogP) is 2.63. The summed E-state index contributed by atoms with van der Waals surface area (Å²) in [7, 11) is 0. The van der Waals surface area contributed by atoms with Crippen molar-refractivity contribution in [2.24, 2.45) is 0 Å². The maximum absolute atomic E-state index is 10.7. The van der Waals surface area contributed by atoms with E-state index >= 15 is 0 Å². The molecular weight excluding hydrogens is 234 g/mol. The lowest BCUT2D eigenvalue weighted by Gasteiger charge is -2.22. The molecule has 18 heavy (non-hydrogen) atoms. The number of carboxylic acid groups (broad SMARTS) is 1. The molecule has 0 aromatic carbocycles.